The molecule has 0 fully saturated rings. The average molecular weight is 449 g/mol. The van der Waals surface area contributed by atoms with Gasteiger partial charge in [-0.3, -0.25) is 4.79 Å². The van der Waals surface area contributed by atoms with Gasteiger partial charge in [0.15, 0.2) is 11.5 Å². The first kappa shape index (κ1) is 20.9. The highest BCUT2D eigenvalue weighted by Crippen LogP contribution is 2.37. The fraction of sp³-hybridized carbons (Fsp3) is 0.545. The highest BCUT2D eigenvalue weighted by molar-refractivity contribution is 9.09. The summed E-state index contributed by atoms with van der Waals surface area (Å²) in [7, 11) is 3.27. The van der Waals surface area contributed by atoms with Gasteiger partial charge < -0.3 is 9.47 Å². The van der Waals surface area contributed by atoms with Crippen LogP contribution in [0.4, 0.5) is 0 Å². The van der Waals surface area contributed by atoms with E-state index in [0.29, 0.717) is 18.0 Å². The number of carbonyl (C=O) groups is 1. The predicted molar refractivity (Wildman–Crippen MR) is 115 cm³/mol. The number of fused-ring (bicyclic) bond motifs is 1. The summed E-state index contributed by atoms with van der Waals surface area (Å²) in [5.41, 5.74) is 1.98. The molecule has 0 saturated carbocycles. The van der Waals surface area contributed by atoms with E-state index in [9.17, 15) is 4.79 Å². The summed E-state index contributed by atoms with van der Waals surface area (Å²) in [6.45, 7) is 0.685. The summed E-state index contributed by atoms with van der Waals surface area (Å²) in [6, 6.07) is 5.89. The minimum Gasteiger partial charge on any atom is -0.493 e. The number of allylic oxidation sites excluding steroid dienone is 2. The molecule has 5 nitrogen and oxygen atoms in total. The van der Waals surface area contributed by atoms with E-state index >= 15 is 0 Å². The Kier molecular flexibility index (Phi) is 7.54. The van der Waals surface area contributed by atoms with Crippen molar-refractivity contribution in [3.63, 3.8) is 0 Å². The maximum Gasteiger partial charge on any atom is 0.246 e. The molecule has 0 radical (unpaired) electrons. The SMILES string of the molecule is COc1ccc(C2=NN(CCCCCCBr)C(=O)[C@@H]3CC=CC[C@H]23)cc1OC. The largest absolute Gasteiger partial charge is 0.493 e. The highest BCUT2D eigenvalue weighted by atomic mass is 79.9. The Morgan fingerprint density at radius 2 is 1.75 bits per heavy atom. The fourth-order valence-electron chi connectivity index (χ4n) is 3.97. The Labute approximate surface area is 175 Å². The first-order valence-corrected chi connectivity index (χ1v) is 11.1. The first-order valence-electron chi connectivity index (χ1n) is 10.0. The van der Waals surface area contributed by atoms with Crippen molar-refractivity contribution in [1.29, 1.82) is 0 Å². The van der Waals surface area contributed by atoms with Crippen molar-refractivity contribution in [3.05, 3.63) is 35.9 Å². The maximum absolute atomic E-state index is 13.0. The average Bonchev–Trinajstić information content (AvgIpc) is 2.74. The molecule has 0 spiro atoms. The summed E-state index contributed by atoms with van der Waals surface area (Å²) in [5, 5.41) is 7.57. The molecular formula is C22H29BrN2O3. The number of nitrogens with zero attached hydrogens (tertiary/aromatic N) is 2. The normalized spacial score (nSPS) is 21.3. The lowest BCUT2D eigenvalue weighted by Crippen LogP contribution is -2.45. The smallest absolute Gasteiger partial charge is 0.246 e. The lowest BCUT2D eigenvalue weighted by atomic mass is 9.76. The van der Waals surface area contributed by atoms with Gasteiger partial charge >= 0.3 is 0 Å². The minimum atomic E-state index is -0.0202. The number of alkyl halides is 1. The second kappa shape index (κ2) is 10.1. The van der Waals surface area contributed by atoms with Gasteiger partial charge in [-0.05, 0) is 43.9 Å². The Morgan fingerprint density at radius 1 is 1.04 bits per heavy atom. The van der Waals surface area contributed by atoms with Gasteiger partial charge in [-0.25, -0.2) is 5.01 Å². The zero-order chi connectivity index (χ0) is 19.9. The molecule has 1 heterocycles. The van der Waals surface area contributed by atoms with Crippen molar-refractivity contribution in [1.82, 2.24) is 5.01 Å². The number of amides is 1. The molecule has 1 aliphatic carbocycles. The van der Waals surface area contributed by atoms with E-state index in [1.54, 1.807) is 19.2 Å². The second-order valence-electron chi connectivity index (χ2n) is 7.28. The van der Waals surface area contributed by atoms with Crippen LogP contribution < -0.4 is 9.47 Å². The molecule has 6 heteroatoms. The van der Waals surface area contributed by atoms with Crippen molar-refractivity contribution in [2.45, 2.75) is 38.5 Å². The second-order valence-corrected chi connectivity index (χ2v) is 8.07. The third-order valence-corrected chi connectivity index (χ3v) is 6.08. The van der Waals surface area contributed by atoms with Crippen LogP contribution in [0, 0.1) is 11.8 Å². The van der Waals surface area contributed by atoms with Gasteiger partial charge in [0.1, 0.15) is 0 Å². The summed E-state index contributed by atoms with van der Waals surface area (Å²) < 4.78 is 10.8. The molecular weight excluding hydrogens is 420 g/mol. The molecule has 1 aromatic rings. The van der Waals surface area contributed by atoms with Crippen LogP contribution >= 0.6 is 15.9 Å². The van der Waals surface area contributed by atoms with Crippen LogP contribution in [-0.2, 0) is 4.79 Å². The number of hydrazone groups is 1. The third kappa shape index (κ3) is 4.59. The Morgan fingerprint density at radius 3 is 2.46 bits per heavy atom. The van der Waals surface area contributed by atoms with Gasteiger partial charge in [0.25, 0.3) is 0 Å². The van der Waals surface area contributed by atoms with Crippen LogP contribution in [0.5, 0.6) is 11.5 Å². The predicted octanol–water partition coefficient (Wildman–Crippen LogP) is 4.79. The topological polar surface area (TPSA) is 51.1 Å². The van der Waals surface area contributed by atoms with E-state index in [4.69, 9.17) is 14.6 Å². The molecule has 0 bridgehead atoms. The number of halogens is 1. The highest BCUT2D eigenvalue weighted by Gasteiger charge is 2.39. The summed E-state index contributed by atoms with van der Waals surface area (Å²) >= 11 is 3.47. The Bertz CT molecular complexity index is 747. The summed E-state index contributed by atoms with van der Waals surface area (Å²) in [5.74, 6) is 1.65. The monoisotopic (exact) mass is 448 g/mol. The molecule has 28 heavy (non-hydrogen) atoms. The zero-order valence-corrected chi connectivity index (χ0v) is 18.3. The molecule has 1 aromatic carbocycles. The van der Waals surface area contributed by atoms with Gasteiger partial charge in [-0.2, -0.15) is 5.10 Å². The van der Waals surface area contributed by atoms with Crippen molar-refractivity contribution >= 4 is 27.5 Å². The maximum atomic E-state index is 13.0. The van der Waals surface area contributed by atoms with Crippen molar-refractivity contribution in [3.8, 4) is 11.5 Å². The molecule has 0 aromatic heterocycles. The van der Waals surface area contributed by atoms with Crippen molar-refractivity contribution in [2.24, 2.45) is 16.9 Å². The van der Waals surface area contributed by atoms with Crippen LogP contribution in [0.1, 0.15) is 44.1 Å². The van der Waals surface area contributed by atoms with E-state index in [-0.39, 0.29) is 17.7 Å². The number of rotatable bonds is 9. The van der Waals surface area contributed by atoms with Crippen LogP contribution in [-0.4, -0.2) is 42.7 Å². The number of ether oxygens (including phenoxy) is 2. The summed E-state index contributed by atoms with van der Waals surface area (Å²) in [4.78, 5) is 13.0. The molecule has 152 valence electrons. The van der Waals surface area contributed by atoms with Crippen molar-refractivity contribution in [2.75, 3.05) is 26.1 Å². The number of methoxy groups -OCH3 is 2. The first-order chi connectivity index (χ1) is 13.7. The molecule has 2 aliphatic rings. The van der Waals surface area contributed by atoms with E-state index in [1.165, 1.54) is 12.8 Å². The zero-order valence-electron chi connectivity index (χ0n) is 16.7. The van der Waals surface area contributed by atoms with Gasteiger partial charge in [-0.1, -0.05) is 40.9 Å². The standard InChI is InChI=1S/C22H29BrN2O3/c1-27-19-12-11-16(15-20(19)28-2)21-17-9-5-6-10-18(17)22(26)25(24-21)14-8-4-3-7-13-23/h5-6,11-12,15,17-18H,3-4,7-10,13-14H2,1-2H3/t17-,18+/m0/s1. The van der Waals surface area contributed by atoms with E-state index in [1.807, 2.05) is 18.2 Å². The number of benzene rings is 1. The van der Waals surface area contributed by atoms with E-state index in [2.05, 4.69) is 28.1 Å². The Hall–Kier alpha value is -1.82. The van der Waals surface area contributed by atoms with Crippen LogP contribution in [0.3, 0.4) is 0 Å². The number of hydrogen-bond acceptors (Lipinski definition) is 4. The summed E-state index contributed by atoms with van der Waals surface area (Å²) in [6.07, 6.45) is 10.4. The molecule has 3 rings (SSSR count). The molecule has 1 amide bonds. The number of carbonyl (C=O) groups excluding carboxylic acids is 1. The molecule has 0 unspecified atom stereocenters. The van der Waals surface area contributed by atoms with Crippen LogP contribution in [0.15, 0.2) is 35.5 Å². The third-order valence-electron chi connectivity index (χ3n) is 5.52. The molecule has 0 saturated heterocycles. The molecule has 1 aliphatic heterocycles. The number of hydrogen-bond donors (Lipinski definition) is 0. The molecule has 0 N–H and O–H groups in total. The van der Waals surface area contributed by atoms with Gasteiger partial charge in [0.2, 0.25) is 5.91 Å². The number of unbranched alkanes of at least 4 members (excludes halogenated alkanes) is 3. The van der Waals surface area contributed by atoms with Gasteiger partial charge in [0.05, 0.1) is 25.8 Å². The lowest BCUT2D eigenvalue weighted by molar-refractivity contribution is -0.137. The lowest BCUT2D eigenvalue weighted by Gasteiger charge is -2.37. The van der Waals surface area contributed by atoms with Crippen LogP contribution in [0.25, 0.3) is 0 Å². The van der Waals surface area contributed by atoms with E-state index in [0.717, 1.165) is 42.3 Å². The fourth-order valence-corrected chi connectivity index (χ4v) is 4.37. The van der Waals surface area contributed by atoms with Crippen LogP contribution in [0.2, 0.25) is 0 Å². The van der Waals surface area contributed by atoms with Crippen molar-refractivity contribution < 1.29 is 14.3 Å². The quantitative estimate of drug-likeness (QED) is 0.310. The van der Waals surface area contributed by atoms with E-state index < -0.39 is 0 Å². The molecule has 2 atom stereocenters. The Balaban J connectivity index is 1.86. The van der Waals surface area contributed by atoms with Gasteiger partial charge in [-0.15, -0.1) is 0 Å². The minimum absolute atomic E-state index is 0.0202. The van der Waals surface area contributed by atoms with Gasteiger partial charge in [0, 0.05) is 23.4 Å².